The Morgan fingerprint density at radius 1 is 1.10 bits per heavy atom. The number of nitrogens with zero attached hydrogens (tertiary/aromatic N) is 5. The van der Waals surface area contributed by atoms with Crippen LogP contribution in [-0.2, 0) is 4.74 Å². The van der Waals surface area contributed by atoms with Crippen molar-refractivity contribution in [3.63, 3.8) is 0 Å². The SMILES string of the molecule is COC(=O)N=C(SC)C(=Nc1ccc(-c2noc(C)n2)cc1)c1cc(C)nc(OC)c1. The van der Waals surface area contributed by atoms with Crippen molar-refractivity contribution in [1.82, 2.24) is 15.1 Å². The monoisotopic (exact) mass is 439 g/mol. The zero-order valence-electron chi connectivity index (χ0n) is 17.7. The Morgan fingerprint density at radius 3 is 2.42 bits per heavy atom. The maximum absolute atomic E-state index is 11.8. The average Bonchev–Trinajstić information content (AvgIpc) is 3.22. The van der Waals surface area contributed by atoms with Crippen molar-refractivity contribution in [3.05, 3.63) is 53.5 Å². The van der Waals surface area contributed by atoms with E-state index in [1.165, 1.54) is 18.9 Å². The number of benzene rings is 1. The number of rotatable bonds is 5. The van der Waals surface area contributed by atoms with E-state index in [9.17, 15) is 4.79 Å². The molecule has 10 heteroatoms. The van der Waals surface area contributed by atoms with Crippen molar-refractivity contribution < 1.29 is 18.8 Å². The number of aromatic nitrogens is 3. The van der Waals surface area contributed by atoms with Crippen molar-refractivity contribution in [2.45, 2.75) is 13.8 Å². The number of carbonyl (C=O) groups excluding carboxylic acids is 1. The Morgan fingerprint density at radius 2 is 1.84 bits per heavy atom. The second-order valence-corrected chi connectivity index (χ2v) is 7.07. The second kappa shape index (κ2) is 9.98. The van der Waals surface area contributed by atoms with Gasteiger partial charge < -0.3 is 14.0 Å². The van der Waals surface area contributed by atoms with Crippen molar-refractivity contribution in [2.24, 2.45) is 9.98 Å². The third kappa shape index (κ3) is 5.54. The smallest absolute Gasteiger partial charge is 0.434 e. The Bertz CT molecular complexity index is 1140. The molecule has 2 aromatic heterocycles. The molecule has 9 nitrogen and oxygen atoms in total. The molecule has 1 aromatic carbocycles. The van der Waals surface area contributed by atoms with Gasteiger partial charge in [-0.1, -0.05) is 5.16 Å². The largest absolute Gasteiger partial charge is 0.481 e. The number of hydrogen-bond acceptors (Lipinski definition) is 9. The highest BCUT2D eigenvalue weighted by molar-refractivity contribution is 8.15. The van der Waals surface area contributed by atoms with Crippen LogP contribution in [0.15, 0.2) is 50.9 Å². The van der Waals surface area contributed by atoms with E-state index in [0.717, 1.165) is 11.3 Å². The standard InChI is InChI=1S/C21H21N5O4S/c1-12-10-15(11-17(22-12)28-3)18(20(31-5)25-21(27)29-4)24-16-8-6-14(7-9-16)19-23-13(2)30-26-19/h6-11H,1-5H3. The molecule has 0 atom stereocenters. The van der Waals surface area contributed by atoms with Gasteiger partial charge in [0.25, 0.3) is 0 Å². The van der Waals surface area contributed by atoms with E-state index in [4.69, 9.17) is 19.0 Å². The number of aliphatic imine (C=N–C) groups is 2. The lowest BCUT2D eigenvalue weighted by atomic mass is 10.1. The summed E-state index contributed by atoms with van der Waals surface area (Å²) < 4.78 is 15.0. The van der Waals surface area contributed by atoms with E-state index < -0.39 is 6.09 Å². The van der Waals surface area contributed by atoms with Gasteiger partial charge in [0.15, 0.2) is 0 Å². The number of amides is 1. The fraction of sp³-hybridized carbons (Fsp3) is 0.238. The Hall–Kier alpha value is -3.53. The highest BCUT2D eigenvalue weighted by atomic mass is 32.2. The summed E-state index contributed by atoms with van der Waals surface area (Å²) in [5, 5.41) is 4.32. The third-order valence-electron chi connectivity index (χ3n) is 4.07. The first-order chi connectivity index (χ1) is 14.9. The van der Waals surface area contributed by atoms with E-state index in [1.807, 2.05) is 43.5 Å². The summed E-state index contributed by atoms with van der Waals surface area (Å²) in [4.78, 5) is 29.1. The third-order valence-corrected chi connectivity index (χ3v) is 4.74. The predicted molar refractivity (Wildman–Crippen MR) is 120 cm³/mol. The molecule has 0 fully saturated rings. The molecule has 0 saturated heterocycles. The molecule has 0 bridgehead atoms. The van der Waals surface area contributed by atoms with Crippen LogP contribution in [0, 0.1) is 13.8 Å². The predicted octanol–water partition coefficient (Wildman–Crippen LogP) is 4.41. The molecule has 1 amide bonds. The fourth-order valence-electron chi connectivity index (χ4n) is 2.67. The molecule has 0 spiro atoms. The molecule has 160 valence electrons. The summed E-state index contributed by atoms with van der Waals surface area (Å²) in [6.45, 7) is 3.58. The van der Waals surface area contributed by atoms with Crippen LogP contribution >= 0.6 is 11.8 Å². The van der Waals surface area contributed by atoms with Crippen molar-refractivity contribution in [1.29, 1.82) is 0 Å². The lowest BCUT2D eigenvalue weighted by Gasteiger charge is -2.11. The number of pyridine rings is 1. The van der Waals surface area contributed by atoms with Gasteiger partial charge in [-0.25, -0.2) is 14.8 Å². The maximum Gasteiger partial charge on any atom is 0.434 e. The number of methoxy groups -OCH3 is 2. The summed E-state index contributed by atoms with van der Waals surface area (Å²) in [5.74, 6) is 1.42. The van der Waals surface area contributed by atoms with E-state index in [0.29, 0.717) is 39.6 Å². The highest BCUT2D eigenvalue weighted by Crippen LogP contribution is 2.24. The van der Waals surface area contributed by atoms with Crippen LogP contribution in [0.1, 0.15) is 17.1 Å². The normalized spacial score (nSPS) is 12.0. The minimum Gasteiger partial charge on any atom is -0.481 e. The van der Waals surface area contributed by atoms with Crippen LogP contribution in [0.25, 0.3) is 11.4 Å². The fourth-order valence-corrected chi connectivity index (χ4v) is 3.19. The molecule has 0 radical (unpaired) electrons. The molecule has 0 saturated carbocycles. The zero-order chi connectivity index (χ0) is 22.4. The minimum absolute atomic E-state index is 0.400. The molecule has 0 N–H and O–H groups in total. The molecule has 3 aromatic rings. The van der Waals surface area contributed by atoms with Crippen molar-refractivity contribution in [2.75, 3.05) is 20.5 Å². The van der Waals surface area contributed by atoms with Gasteiger partial charge in [0.05, 0.1) is 19.9 Å². The highest BCUT2D eigenvalue weighted by Gasteiger charge is 2.16. The van der Waals surface area contributed by atoms with E-state index in [2.05, 4.69) is 20.1 Å². The molecule has 0 aliphatic rings. The van der Waals surface area contributed by atoms with Crippen LogP contribution in [0.4, 0.5) is 10.5 Å². The lowest BCUT2D eigenvalue weighted by molar-refractivity contribution is 0.183. The zero-order valence-corrected chi connectivity index (χ0v) is 18.6. The van der Waals surface area contributed by atoms with Gasteiger partial charge in [0.1, 0.15) is 10.8 Å². The quantitative estimate of drug-likeness (QED) is 0.424. The molecular formula is C21H21N5O4S. The van der Waals surface area contributed by atoms with E-state index in [1.54, 1.807) is 20.1 Å². The summed E-state index contributed by atoms with van der Waals surface area (Å²) in [6, 6.07) is 10.9. The van der Waals surface area contributed by atoms with Crippen LogP contribution in [-0.4, -0.2) is 52.4 Å². The van der Waals surface area contributed by atoms with Gasteiger partial charge in [-0.2, -0.15) is 9.98 Å². The molecule has 0 aliphatic carbocycles. The number of thioether (sulfide) groups is 1. The maximum atomic E-state index is 11.8. The Kier molecular flexibility index (Phi) is 7.14. The van der Waals surface area contributed by atoms with Gasteiger partial charge in [0, 0.05) is 29.8 Å². The van der Waals surface area contributed by atoms with Gasteiger partial charge >= 0.3 is 6.09 Å². The molecule has 0 unspecified atom stereocenters. The van der Waals surface area contributed by atoms with Crippen LogP contribution < -0.4 is 4.74 Å². The molecule has 3 rings (SSSR count). The van der Waals surface area contributed by atoms with Gasteiger partial charge in [-0.05, 0) is 43.5 Å². The molecule has 2 heterocycles. The number of ether oxygens (including phenoxy) is 2. The summed E-state index contributed by atoms with van der Waals surface area (Å²) >= 11 is 1.28. The first-order valence-electron chi connectivity index (χ1n) is 9.17. The van der Waals surface area contributed by atoms with Crippen molar-refractivity contribution >= 4 is 34.3 Å². The first-order valence-corrected chi connectivity index (χ1v) is 10.4. The minimum atomic E-state index is -0.711. The van der Waals surface area contributed by atoms with E-state index >= 15 is 0 Å². The summed E-state index contributed by atoms with van der Waals surface area (Å²) in [7, 11) is 2.82. The second-order valence-electron chi connectivity index (χ2n) is 6.27. The Labute approximate surface area is 183 Å². The Balaban J connectivity index is 2.09. The number of aryl methyl sites for hydroxylation is 2. The van der Waals surface area contributed by atoms with Crippen LogP contribution in [0.5, 0.6) is 5.88 Å². The van der Waals surface area contributed by atoms with Crippen LogP contribution in [0.2, 0.25) is 0 Å². The van der Waals surface area contributed by atoms with Gasteiger partial charge in [0.2, 0.25) is 17.6 Å². The van der Waals surface area contributed by atoms with Gasteiger partial charge in [-0.3, -0.25) is 0 Å². The first kappa shape index (κ1) is 22.2. The molecule has 0 aliphatic heterocycles. The molecular weight excluding hydrogens is 418 g/mol. The average molecular weight is 439 g/mol. The summed E-state index contributed by atoms with van der Waals surface area (Å²) in [6.07, 6.45) is 1.10. The summed E-state index contributed by atoms with van der Waals surface area (Å²) in [5.41, 5.74) is 3.39. The number of hydrogen-bond donors (Lipinski definition) is 0. The van der Waals surface area contributed by atoms with Gasteiger partial charge in [-0.15, -0.1) is 11.8 Å². The topological polar surface area (TPSA) is 112 Å². The lowest BCUT2D eigenvalue weighted by Crippen LogP contribution is -2.15. The van der Waals surface area contributed by atoms with Crippen molar-refractivity contribution in [3.8, 4) is 17.3 Å². The molecule has 31 heavy (non-hydrogen) atoms. The van der Waals surface area contributed by atoms with Crippen LogP contribution in [0.3, 0.4) is 0 Å². The number of carbonyl (C=O) groups is 1. The van der Waals surface area contributed by atoms with E-state index in [-0.39, 0.29) is 0 Å².